The fourth-order valence-electron chi connectivity index (χ4n) is 1.63. The highest BCUT2D eigenvalue weighted by Gasteiger charge is 2.12. The second kappa shape index (κ2) is 3.73. The van der Waals surface area contributed by atoms with E-state index in [2.05, 4.69) is 4.98 Å². The summed E-state index contributed by atoms with van der Waals surface area (Å²) in [5.74, 6) is -1.69. The number of aromatic amines is 1. The molecule has 0 radical (unpaired) electrons. The Morgan fingerprint density at radius 1 is 1.40 bits per heavy atom. The van der Waals surface area contributed by atoms with E-state index < -0.39 is 11.6 Å². The van der Waals surface area contributed by atoms with Crippen LogP contribution in [0.25, 0.3) is 11.0 Å². The minimum atomic E-state index is -0.846. The van der Waals surface area contributed by atoms with Gasteiger partial charge >= 0.3 is 0 Å². The van der Waals surface area contributed by atoms with Crippen LogP contribution in [0, 0.1) is 16.4 Å². The third-order valence-electron chi connectivity index (χ3n) is 2.27. The van der Waals surface area contributed by atoms with Crippen molar-refractivity contribution < 1.29 is 8.78 Å². The number of H-pyrrole nitrogens is 1. The van der Waals surface area contributed by atoms with Gasteiger partial charge in [0, 0.05) is 6.54 Å². The molecule has 0 aliphatic carbocycles. The molecule has 0 fully saturated rings. The monoisotopic (exact) mass is 228 g/mol. The summed E-state index contributed by atoms with van der Waals surface area (Å²) in [5, 5.41) is 0. The molecule has 80 valence electrons. The predicted octanol–water partition coefficient (Wildman–Crippen LogP) is 3.39. The van der Waals surface area contributed by atoms with Crippen molar-refractivity contribution in [2.75, 3.05) is 0 Å². The van der Waals surface area contributed by atoms with E-state index >= 15 is 0 Å². The molecular weight excluding hydrogens is 218 g/mol. The zero-order chi connectivity index (χ0) is 11.0. The summed E-state index contributed by atoms with van der Waals surface area (Å²) in [5.41, 5.74) is 0.759. The molecule has 0 spiro atoms. The average molecular weight is 228 g/mol. The van der Waals surface area contributed by atoms with Crippen LogP contribution in [0.2, 0.25) is 0 Å². The predicted molar refractivity (Wildman–Crippen MR) is 57.3 cm³/mol. The molecule has 0 saturated heterocycles. The van der Waals surface area contributed by atoms with Crippen molar-refractivity contribution in [2.45, 2.75) is 19.9 Å². The highest BCUT2D eigenvalue weighted by molar-refractivity contribution is 7.71. The number of imidazole rings is 1. The molecule has 0 amide bonds. The summed E-state index contributed by atoms with van der Waals surface area (Å²) < 4.78 is 28.6. The molecule has 0 unspecified atom stereocenters. The topological polar surface area (TPSA) is 20.7 Å². The van der Waals surface area contributed by atoms with Gasteiger partial charge in [-0.3, -0.25) is 0 Å². The van der Waals surface area contributed by atoms with Crippen LogP contribution in [0.5, 0.6) is 0 Å². The number of rotatable bonds is 2. The largest absolute Gasteiger partial charge is 0.330 e. The van der Waals surface area contributed by atoms with Crippen LogP contribution < -0.4 is 0 Å². The van der Waals surface area contributed by atoms with Crippen molar-refractivity contribution in [2.24, 2.45) is 0 Å². The minimum absolute atomic E-state index is 0.224. The van der Waals surface area contributed by atoms with Gasteiger partial charge in [-0.15, -0.1) is 0 Å². The molecule has 2 rings (SSSR count). The molecule has 1 heterocycles. The third kappa shape index (κ3) is 1.56. The standard InChI is InChI=1S/C10H10F2N2S/c1-2-5-14-9-7(13-10(14)15)4-3-6(11)8(9)12/h3-4H,2,5H2,1H3,(H,13,15). The zero-order valence-corrected chi connectivity index (χ0v) is 9.00. The Morgan fingerprint density at radius 2 is 2.13 bits per heavy atom. The van der Waals surface area contributed by atoms with Gasteiger partial charge in [-0.25, -0.2) is 8.78 Å². The summed E-state index contributed by atoms with van der Waals surface area (Å²) in [6.07, 6.45) is 0.817. The second-order valence-corrected chi connectivity index (χ2v) is 3.73. The maximum Gasteiger partial charge on any atom is 0.184 e. The van der Waals surface area contributed by atoms with Gasteiger partial charge in [0.05, 0.1) is 5.52 Å². The van der Waals surface area contributed by atoms with Crippen LogP contribution in [-0.2, 0) is 6.54 Å². The summed E-state index contributed by atoms with van der Waals surface area (Å²) in [6, 6.07) is 2.59. The maximum absolute atomic E-state index is 13.5. The van der Waals surface area contributed by atoms with Gasteiger partial charge in [0.15, 0.2) is 16.4 Å². The summed E-state index contributed by atoms with van der Waals surface area (Å²) >= 11 is 5.04. The lowest BCUT2D eigenvalue weighted by Gasteiger charge is -2.02. The van der Waals surface area contributed by atoms with Crippen molar-refractivity contribution in [1.82, 2.24) is 9.55 Å². The Balaban J connectivity index is 2.83. The van der Waals surface area contributed by atoms with Crippen molar-refractivity contribution in [3.05, 3.63) is 28.5 Å². The molecule has 15 heavy (non-hydrogen) atoms. The van der Waals surface area contributed by atoms with E-state index in [1.54, 1.807) is 4.57 Å². The first-order valence-electron chi connectivity index (χ1n) is 4.71. The zero-order valence-electron chi connectivity index (χ0n) is 8.18. The molecule has 0 aliphatic heterocycles. The molecule has 0 bridgehead atoms. The van der Waals surface area contributed by atoms with Gasteiger partial charge in [-0.05, 0) is 30.8 Å². The Labute approximate surface area is 90.5 Å². The van der Waals surface area contributed by atoms with E-state index in [-0.39, 0.29) is 5.52 Å². The number of aryl methyl sites for hydroxylation is 1. The third-order valence-corrected chi connectivity index (χ3v) is 2.60. The van der Waals surface area contributed by atoms with Crippen LogP contribution in [0.4, 0.5) is 8.78 Å². The Hall–Kier alpha value is -1.23. The number of aromatic nitrogens is 2. The Morgan fingerprint density at radius 3 is 2.80 bits per heavy atom. The van der Waals surface area contributed by atoms with E-state index in [4.69, 9.17) is 12.2 Å². The molecule has 0 atom stereocenters. The van der Waals surface area contributed by atoms with Gasteiger partial charge in [-0.2, -0.15) is 0 Å². The minimum Gasteiger partial charge on any atom is -0.330 e. The summed E-state index contributed by atoms with van der Waals surface area (Å²) in [6.45, 7) is 2.54. The second-order valence-electron chi connectivity index (χ2n) is 3.34. The van der Waals surface area contributed by atoms with E-state index in [0.29, 0.717) is 16.8 Å². The molecule has 5 heteroatoms. The number of hydrogen-bond acceptors (Lipinski definition) is 1. The molecular formula is C10H10F2N2S. The van der Waals surface area contributed by atoms with Gasteiger partial charge in [-0.1, -0.05) is 6.92 Å². The van der Waals surface area contributed by atoms with Crippen LogP contribution in [0.3, 0.4) is 0 Å². The normalized spacial score (nSPS) is 11.1. The lowest BCUT2D eigenvalue weighted by atomic mass is 10.3. The van der Waals surface area contributed by atoms with Gasteiger partial charge in [0.1, 0.15) is 5.52 Å². The first-order chi connectivity index (χ1) is 7.15. The maximum atomic E-state index is 13.5. The Bertz CT molecular complexity index is 556. The number of hydrogen-bond donors (Lipinski definition) is 1. The van der Waals surface area contributed by atoms with Crippen LogP contribution in [0.1, 0.15) is 13.3 Å². The average Bonchev–Trinajstić information content (AvgIpc) is 2.51. The molecule has 1 aromatic heterocycles. The number of halogens is 2. The van der Waals surface area contributed by atoms with E-state index in [9.17, 15) is 8.78 Å². The van der Waals surface area contributed by atoms with Crippen molar-refractivity contribution in [3.63, 3.8) is 0 Å². The van der Waals surface area contributed by atoms with Crippen LogP contribution in [-0.4, -0.2) is 9.55 Å². The van der Waals surface area contributed by atoms with Gasteiger partial charge < -0.3 is 9.55 Å². The highest BCUT2D eigenvalue weighted by Crippen LogP contribution is 2.20. The lowest BCUT2D eigenvalue weighted by molar-refractivity contribution is 0.510. The molecule has 0 aliphatic rings. The molecule has 2 nitrogen and oxygen atoms in total. The Kier molecular flexibility index (Phi) is 2.56. The summed E-state index contributed by atoms with van der Waals surface area (Å²) in [4.78, 5) is 2.85. The fraction of sp³-hybridized carbons (Fsp3) is 0.300. The van der Waals surface area contributed by atoms with Crippen LogP contribution in [0.15, 0.2) is 12.1 Å². The first-order valence-corrected chi connectivity index (χ1v) is 5.12. The van der Waals surface area contributed by atoms with Crippen LogP contribution >= 0.6 is 12.2 Å². The van der Waals surface area contributed by atoms with Crippen molar-refractivity contribution >= 4 is 23.3 Å². The van der Waals surface area contributed by atoms with Gasteiger partial charge in [0.2, 0.25) is 0 Å². The number of benzene rings is 1. The quantitative estimate of drug-likeness (QED) is 0.781. The first kappa shape index (κ1) is 10.3. The van der Waals surface area contributed by atoms with Crippen molar-refractivity contribution in [3.8, 4) is 0 Å². The van der Waals surface area contributed by atoms with Crippen molar-refractivity contribution in [1.29, 1.82) is 0 Å². The van der Waals surface area contributed by atoms with E-state index in [1.807, 2.05) is 6.92 Å². The lowest BCUT2D eigenvalue weighted by Crippen LogP contribution is -1.99. The van der Waals surface area contributed by atoms with E-state index in [0.717, 1.165) is 12.5 Å². The van der Waals surface area contributed by atoms with Gasteiger partial charge in [0.25, 0.3) is 0 Å². The SMILES string of the molecule is CCCn1c(=S)[nH]c2ccc(F)c(F)c21. The molecule has 2 aromatic rings. The number of fused-ring (bicyclic) bond motifs is 1. The van der Waals surface area contributed by atoms with E-state index in [1.165, 1.54) is 6.07 Å². The molecule has 1 aromatic carbocycles. The number of nitrogens with one attached hydrogen (secondary N) is 1. The highest BCUT2D eigenvalue weighted by atomic mass is 32.1. The molecule has 1 N–H and O–H groups in total. The number of nitrogens with zero attached hydrogens (tertiary/aromatic N) is 1. The summed E-state index contributed by atoms with van der Waals surface area (Å²) in [7, 11) is 0. The molecule has 0 saturated carbocycles. The smallest absolute Gasteiger partial charge is 0.184 e. The fourth-order valence-corrected chi connectivity index (χ4v) is 1.92.